The molecule has 0 aliphatic heterocycles. The van der Waals surface area contributed by atoms with Crippen LogP contribution in [-0.4, -0.2) is 16.1 Å². The average molecular weight is 534 g/mol. The van der Waals surface area contributed by atoms with Gasteiger partial charge in [-0.25, -0.2) is 0 Å². The molecule has 6 aromatic carbocycles. The molecule has 0 bridgehead atoms. The van der Waals surface area contributed by atoms with Crippen molar-refractivity contribution < 1.29 is 16.8 Å². The molecule has 0 amide bonds. The normalized spacial score (nSPS) is 12.1. The van der Waals surface area contributed by atoms with Gasteiger partial charge in [-0.05, 0) is 0 Å². The maximum absolute atomic E-state index is 2.43. The summed E-state index contributed by atoms with van der Waals surface area (Å²) in [7, 11) is -2.62. The van der Waals surface area contributed by atoms with Crippen LogP contribution in [0.3, 0.4) is 0 Å². The Kier molecular flexibility index (Phi) is 7.00. The molecule has 181 valence electrons. The van der Waals surface area contributed by atoms with Gasteiger partial charge in [0, 0.05) is 32.9 Å². The van der Waals surface area contributed by atoms with E-state index in [1.54, 1.807) is 10.4 Å². The van der Waals surface area contributed by atoms with Crippen LogP contribution in [-0.2, 0) is 16.8 Å². The van der Waals surface area contributed by atoms with Crippen LogP contribution in [0.4, 0.5) is 0 Å². The van der Waals surface area contributed by atoms with Gasteiger partial charge in [-0.2, -0.15) is 0 Å². The molecule has 0 aliphatic rings. The molecule has 35 heavy (non-hydrogen) atoms. The average Bonchev–Trinajstić information content (AvgIpc) is 3.32. The molecule has 0 fully saturated rings. The van der Waals surface area contributed by atoms with Crippen molar-refractivity contribution in [1.29, 1.82) is 0 Å². The molecule has 6 rings (SSSR count). The third-order valence-corrected chi connectivity index (χ3v) is 10.9. The summed E-state index contributed by atoms with van der Waals surface area (Å²) < 4.78 is 0. The van der Waals surface area contributed by atoms with E-state index < -0.39 is 16.1 Å². The summed E-state index contributed by atoms with van der Waals surface area (Å²) in [5.41, 5.74) is 0. The van der Waals surface area contributed by atoms with Crippen LogP contribution in [0, 0.1) is 0 Å². The van der Waals surface area contributed by atoms with Crippen LogP contribution in [0.2, 0.25) is 39.3 Å². The van der Waals surface area contributed by atoms with Crippen LogP contribution in [0.15, 0.2) is 97.1 Å². The Labute approximate surface area is 221 Å². The molecule has 3 heteroatoms. The Hall–Kier alpha value is -2.44. The molecule has 0 heterocycles. The molecule has 0 saturated heterocycles. The summed E-state index contributed by atoms with van der Waals surface area (Å²) in [6.07, 6.45) is 0. The van der Waals surface area contributed by atoms with Gasteiger partial charge in [-0.15, -0.1) is 77.7 Å². The molecular formula is C32H34CoSi2-2. The second-order valence-corrected chi connectivity index (χ2v) is 21.4. The van der Waals surface area contributed by atoms with Gasteiger partial charge in [0.05, 0.1) is 0 Å². The molecule has 0 aliphatic carbocycles. The summed E-state index contributed by atoms with van der Waals surface area (Å²) in [5.74, 6) is 0. The van der Waals surface area contributed by atoms with E-state index in [1.807, 2.05) is 0 Å². The van der Waals surface area contributed by atoms with E-state index in [-0.39, 0.29) is 16.8 Å². The minimum Gasteiger partial charge on any atom is -0.122 e. The minimum atomic E-state index is -1.31. The summed E-state index contributed by atoms with van der Waals surface area (Å²) in [6, 6.07) is 35.3. The zero-order valence-corrected chi connectivity index (χ0v) is 24.6. The first-order valence-corrected chi connectivity index (χ1v) is 19.3. The first kappa shape index (κ1) is 25.6. The number of hydrogen-bond donors (Lipinski definition) is 0. The van der Waals surface area contributed by atoms with E-state index in [4.69, 9.17) is 0 Å². The van der Waals surface area contributed by atoms with Crippen LogP contribution >= 0.6 is 0 Å². The second kappa shape index (κ2) is 9.55. The first-order chi connectivity index (χ1) is 16.2. The first-order valence-electron chi connectivity index (χ1n) is 12.3. The fourth-order valence-electron chi connectivity index (χ4n) is 5.65. The zero-order valence-electron chi connectivity index (χ0n) is 21.6. The van der Waals surface area contributed by atoms with Crippen LogP contribution in [0.1, 0.15) is 0 Å². The van der Waals surface area contributed by atoms with Crippen molar-refractivity contribution in [3.63, 3.8) is 0 Å². The standard InChI is InChI=1S/2C16H17Si.Co/c2*1-17(2,3)16-14-10-6-4-8-12(14)13-9-5-7-11-15(13)16;/h2*4-11H,1-3H3;/q2*-1;. The van der Waals surface area contributed by atoms with Gasteiger partial charge in [0.25, 0.3) is 0 Å². The van der Waals surface area contributed by atoms with Gasteiger partial charge in [0.2, 0.25) is 0 Å². The van der Waals surface area contributed by atoms with E-state index in [9.17, 15) is 0 Å². The molecule has 0 N–H and O–H groups in total. The SMILES string of the molecule is C[Si](C)(C)[c-]1c2ccccc2c2ccccc21.C[Si](C)(C)[c-]1c2ccccc2c2ccccc21.[Co]. The monoisotopic (exact) mass is 533 g/mol. The zero-order chi connectivity index (χ0) is 24.1. The van der Waals surface area contributed by atoms with Crippen LogP contribution < -0.4 is 10.4 Å². The quantitative estimate of drug-likeness (QED) is 0.155. The summed E-state index contributed by atoms with van der Waals surface area (Å²) in [5, 5.41) is 14.8. The van der Waals surface area contributed by atoms with Crippen molar-refractivity contribution >= 4 is 69.6 Å². The largest absolute Gasteiger partial charge is 0.122 e. The predicted molar refractivity (Wildman–Crippen MR) is 160 cm³/mol. The third kappa shape index (κ3) is 4.58. The third-order valence-electron chi connectivity index (χ3n) is 6.87. The van der Waals surface area contributed by atoms with Crippen molar-refractivity contribution in [2.75, 3.05) is 0 Å². The van der Waals surface area contributed by atoms with Crippen molar-refractivity contribution in [3.05, 3.63) is 97.1 Å². The number of fused-ring (bicyclic) bond motifs is 6. The fourth-order valence-corrected chi connectivity index (χ4v) is 9.75. The van der Waals surface area contributed by atoms with E-state index in [0.717, 1.165) is 0 Å². The Morgan fingerprint density at radius 2 is 0.571 bits per heavy atom. The fraction of sp³-hybridized carbons (Fsp3) is 0.188. The Morgan fingerprint density at radius 1 is 0.371 bits per heavy atom. The van der Waals surface area contributed by atoms with Crippen molar-refractivity contribution in [1.82, 2.24) is 0 Å². The van der Waals surface area contributed by atoms with Gasteiger partial charge in [0.1, 0.15) is 0 Å². The summed E-state index contributed by atoms with van der Waals surface area (Å²) >= 11 is 0. The molecule has 0 saturated carbocycles. The molecule has 6 aromatic rings. The number of benzene rings is 4. The van der Waals surface area contributed by atoms with Gasteiger partial charge in [-0.3, -0.25) is 0 Å². The van der Waals surface area contributed by atoms with E-state index in [0.29, 0.717) is 0 Å². The maximum Gasteiger partial charge on any atom is 0.0380 e. The van der Waals surface area contributed by atoms with Crippen molar-refractivity contribution in [3.8, 4) is 0 Å². The molecule has 0 aromatic heterocycles. The van der Waals surface area contributed by atoms with Gasteiger partial charge in [-0.1, -0.05) is 112 Å². The number of rotatable bonds is 2. The predicted octanol–water partition coefficient (Wildman–Crippen LogP) is 8.51. The van der Waals surface area contributed by atoms with E-state index in [2.05, 4.69) is 136 Å². The molecule has 0 atom stereocenters. The van der Waals surface area contributed by atoms with Gasteiger partial charge in [0.15, 0.2) is 0 Å². The maximum atomic E-state index is 2.43. The molecule has 0 spiro atoms. The Balaban J connectivity index is 0.000000160. The second-order valence-electron chi connectivity index (χ2n) is 11.4. The van der Waals surface area contributed by atoms with Crippen molar-refractivity contribution in [2.45, 2.75) is 39.3 Å². The number of hydrogen-bond acceptors (Lipinski definition) is 0. The van der Waals surface area contributed by atoms with Crippen LogP contribution in [0.5, 0.6) is 0 Å². The molecule has 0 nitrogen and oxygen atoms in total. The smallest absolute Gasteiger partial charge is 0.0380 e. The Morgan fingerprint density at radius 3 is 0.771 bits per heavy atom. The summed E-state index contributed by atoms with van der Waals surface area (Å²) in [6.45, 7) is 14.6. The van der Waals surface area contributed by atoms with Gasteiger partial charge < -0.3 is 0 Å². The van der Waals surface area contributed by atoms with E-state index >= 15 is 0 Å². The molecule has 1 radical (unpaired) electrons. The molecular weight excluding hydrogens is 499 g/mol. The molecule has 0 unspecified atom stereocenters. The van der Waals surface area contributed by atoms with Crippen molar-refractivity contribution in [2.24, 2.45) is 0 Å². The topological polar surface area (TPSA) is 0 Å². The van der Waals surface area contributed by atoms with Crippen LogP contribution in [0.25, 0.3) is 43.1 Å². The summed E-state index contributed by atoms with van der Waals surface area (Å²) in [4.78, 5) is 0. The van der Waals surface area contributed by atoms with E-state index in [1.165, 1.54) is 43.1 Å². The van der Waals surface area contributed by atoms with Gasteiger partial charge >= 0.3 is 0 Å². The minimum absolute atomic E-state index is 0. The Bertz CT molecular complexity index is 1390.